The number of carbonyl (C=O) groups is 2. The van der Waals surface area contributed by atoms with Crippen molar-refractivity contribution < 1.29 is 19.1 Å². The number of hydrogen-bond acceptors (Lipinski definition) is 4. The summed E-state index contributed by atoms with van der Waals surface area (Å²) in [6.07, 6.45) is 0. The van der Waals surface area contributed by atoms with Crippen molar-refractivity contribution in [3.05, 3.63) is 23.8 Å². The van der Waals surface area contributed by atoms with Crippen molar-refractivity contribution >= 4 is 11.8 Å². The van der Waals surface area contributed by atoms with Crippen molar-refractivity contribution in [2.75, 3.05) is 26.8 Å². The standard InChI is InChI=1S/C18H28N2O4/c1-7-20(11-16(21)19-18(3,4)5)17(22)12-24-14-9-8-13(2)10-15(14)23-6/h8-10H,7,11-12H2,1-6H3,(H,19,21). The zero-order valence-corrected chi connectivity index (χ0v) is 15.4. The Kier molecular flexibility index (Phi) is 7.07. The van der Waals surface area contributed by atoms with E-state index in [-0.39, 0.29) is 30.5 Å². The first-order valence-electron chi connectivity index (χ1n) is 8.02. The number of aryl methyl sites for hydroxylation is 1. The molecule has 0 bridgehead atoms. The molecule has 6 heteroatoms. The van der Waals surface area contributed by atoms with Gasteiger partial charge in [0.2, 0.25) is 5.91 Å². The Labute approximate surface area is 144 Å². The number of carbonyl (C=O) groups excluding carboxylic acids is 2. The van der Waals surface area contributed by atoms with Crippen LogP contribution in [-0.2, 0) is 9.59 Å². The molecule has 1 aromatic carbocycles. The van der Waals surface area contributed by atoms with Crippen LogP contribution in [0.1, 0.15) is 33.3 Å². The van der Waals surface area contributed by atoms with E-state index >= 15 is 0 Å². The molecular formula is C18H28N2O4. The SMILES string of the molecule is CCN(CC(=O)NC(C)(C)C)C(=O)COc1ccc(C)cc1OC. The van der Waals surface area contributed by atoms with Crippen LogP contribution in [0.4, 0.5) is 0 Å². The lowest BCUT2D eigenvalue weighted by molar-refractivity contribution is -0.137. The number of methoxy groups -OCH3 is 1. The second kappa shape index (κ2) is 8.57. The van der Waals surface area contributed by atoms with Gasteiger partial charge in [-0.2, -0.15) is 0 Å². The first-order chi connectivity index (χ1) is 11.2. The Morgan fingerprint density at radius 2 is 1.88 bits per heavy atom. The molecule has 0 heterocycles. The van der Waals surface area contributed by atoms with E-state index in [1.165, 1.54) is 4.90 Å². The quantitative estimate of drug-likeness (QED) is 0.828. The normalized spacial score (nSPS) is 10.9. The molecule has 0 aliphatic heterocycles. The van der Waals surface area contributed by atoms with E-state index in [4.69, 9.17) is 9.47 Å². The lowest BCUT2D eigenvalue weighted by Gasteiger charge is -2.25. The summed E-state index contributed by atoms with van der Waals surface area (Å²) in [5.74, 6) is 0.651. The second-order valence-corrected chi connectivity index (χ2v) is 6.65. The number of likely N-dealkylation sites (N-methyl/N-ethyl adjacent to an activating group) is 1. The number of benzene rings is 1. The highest BCUT2D eigenvalue weighted by atomic mass is 16.5. The zero-order chi connectivity index (χ0) is 18.3. The summed E-state index contributed by atoms with van der Waals surface area (Å²) in [6.45, 7) is 9.78. The minimum atomic E-state index is -0.328. The maximum Gasteiger partial charge on any atom is 0.260 e. The number of hydrogen-bond donors (Lipinski definition) is 1. The van der Waals surface area contributed by atoms with Gasteiger partial charge in [-0.3, -0.25) is 9.59 Å². The number of amides is 2. The number of nitrogens with one attached hydrogen (secondary N) is 1. The molecule has 0 saturated carbocycles. The average Bonchev–Trinajstić information content (AvgIpc) is 2.49. The second-order valence-electron chi connectivity index (χ2n) is 6.65. The monoisotopic (exact) mass is 336 g/mol. The summed E-state index contributed by atoms with van der Waals surface area (Å²) in [5, 5.41) is 2.84. The summed E-state index contributed by atoms with van der Waals surface area (Å²) in [6, 6.07) is 5.49. The molecule has 0 saturated heterocycles. The van der Waals surface area contributed by atoms with Gasteiger partial charge in [0.15, 0.2) is 18.1 Å². The molecule has 6 nitrogen and oxygen atoms in total. The van der Waals surface area contributed by atoms with Crippen molar-refractivity contribution in [2.24, 2.45) is 0 Å². The van der Waals surface area contributed by atoms with E-state index in [0.29, 0.717) is 18.0 Å². The van der Waals surface area contributed by atoms with Crippen LogP contribution >= 0.6 is 0 Å². The van der Waals surface area contributed by atoms with Gasteiger partial charge in [0.05, 0.1) is 13.7 Å². The lowest BCUT2D eigenvalue weighted by atomic mass is 10.1. The molecule has 0 fully saturated rings. The fourth-order valence-corrected chi connectivity index (χ4v) is 2.13. The van der Waals surface area contributed by atoms with Crippen LogP contribution in [0.2, 0.25) is 0 Å². The van der Waals surface area contributed by atoms with Gasteiger partial charge < -0.3 is 19.7 Å². The lowest BCUT2D eigenvalue weighted by Crippen LogP contribution is -2.48. The molecule has 1 rings (SSSR count). The van der Waals surface area contributed by atoms with Gasteiger partial charge in [0.25, 0.3) is 5.91 Å². The van der Waals surface area contributed by atoms with Crippen LogP contribution in [0, 0.1) is 6.92 Å². The van der Waals surface area contributed by atoms with Gasteiger partial charge in [-0.1, -0.05) is 6.07 Å². The van der Waals surface area contributed by atoms with Gasteiger partial charge in [0.1, 0.15) is 0 Å². The maximum absolute atomic E-state index is 12.3. The molecule has 0 aromatic heterocycles. The Hall–Kier alpha value is -2.24. The van der Waals surface area contributed by atoms with Crippen molar-refractivity contribution in [1.29, 1.82) is 0 Å². The van der Waals surface area contributed by atoms with Gasteiger partial charge in [-0.25, -0.2) is 0 Å². The van der Waals surface area contributed by atoms with Crippen molar-refractivity contribution in [1.82, 2.24) is 10.2 Å². The van der Waals surface area contributed by atoms with E-state index in [1.807, 2.05) is 46.8 Å². The van der Waals surface area contributed by atoms with E-state index < -0.39 is 0 Å². The number of nitrogens with zero attached hydrogens (tertiary/aromatic N) is 1. The minimum absolute atomic E-state index is 0.0149. The van der Waals surface area contributed by atoms with Crippen LogP contribution in [0.15, 0.2) is 18.2 Å². The van der Waals surface area contributed by atoms with Crippen LogP contribution in [0.3, 0.4) is 0 Å². The molecule has 0 unspecified atom stereocenters. The van der Waals surface area contributed by atoms with Crippen molar-refractivity contribution in [3.63, 3.8) is 0 Å². The van der Waals surface area contributed by atoms with Crippen LogP contribution < -0.4 is 14.8 Å². The molecule has 0 aliphatic rings. The third-order valence-electron chi connectivity index (χ3n) is 3.25. The van der Waals surface area contributed by atoms with E-state index in [9.17, 15) is 9.59 Å². The highest BCUT2D eigenvalue weighted by Crippen LogP contribution is 2.27. The molecule has 24 heavy (non-hydrogen) atoms. The topological polar surface area (TPSA) is 67.9 Å². The zero-order valence-electron chi connectivity index (χ0n) is 15.4. The highest BCUT2D eigenvalue weighted by Gasteiger charge is 2.20. The predicted molar refractivity (Wildman–Crippen MR) is 93.4 cm³/mol. The Balaban J connectivity index is 2.63. The van der Waals surface area contributed by atoms with Crippen LogP contribution in [0.25, 0.3) is 0 Å². The average molecular weight is 336 g/mol. The summed E-state index contributed by atoms with van der Waals surface area (Å²) in [5.41, 5.74) is 0.713. The maximum atomic E-state index is 12.3. The third-order valence-corrected chi connectivity index (χ3v) is 3.25. The summed E-state index contributed by atoms with van der Waals surface area (Å²) in [7, 11) is 1.55. The smallest absolute Gasteiger partial charge is 0.260 e. The molecule has 0 atom stereocenters. The summed E-state index contributed by atoms with van der Waals surface area (Å²) < 4.78 is 10.8. The molecular weight excluding hydrogens is 308 g/mol. The van der Waals surface area contributed by atoms with Crippen LogP contribution in [0.5, 0.6) is 11.5 Å². The number of ether oxygens (including phenoxy) is 2. The minimum Gasteiger partial charge on any atom is -0.493 e. The van der Waals surface area contributed by atoms with Crippen molar-refractivity contribution in [2.45, 2.75) is 40.2 Å². The predicted octanol–water partition coefficient (Wildman–Crippen LogP) is 2.15. The molecule has 0 radical (unpaired) electrons. The Morgan fingerprint density at radius 3 is 2.42 bits per heavy atom. The van der Waals surface area contributed by atoms with Gasteiger partial charge in [0, 0.05) is 12.1 Å². The molecule has 1 aromatic rings. The molecule has 1 N–H and O–H groups in total. The van der Waals surface area contributed by atoms with E-state index in [2.05, 4.69) is 5.32 Å². The molecule has 134 valence electrons. The van der Waals surface area contributed by atoms with Gasteiger partial charge in [-0.15, -0.1) is 0 Å². The highest BCUT2D eigenvalue weighted by molar-refractivity contribution is 5.85. The van der Waals surface area contributed by atoms with E-state index in [1.54, 1.807) is 13.2 Å². The Morgan fingerprint density at radius 1 is 1.21 bits per heavy atom. The first-order valence-corrected chi connectivity index (χ1v) is 8.02. The molecule has 2 amide bonds. The fraction of sp³-hybridized carbons (Fsp3) is 0.556. The molecule has 0 aliphatic carbocycles. The van der Waals surface area contributed by atoms with Gasteiger partial charge in [-0.05, 0) is 52.3 Å². The van der Waals surface area contributed by atoms with Gasteiger partial charge >= 0.3 is 0 Å². The largest absolute Gasteiger partial charge is 0.493 e. The molecule has 0 spiro atoms. The third kappa shape index (κ3) is 6.48. The van der Waals surface area contributed by atoms with Crippen molar-refractivity contribution in [3.8, 4) is 11.5 Å². The first kappa shape index (κ1) is 19.8. The summed E-state index contributed by atoms with van der Waals surface area (Å²) >= 11 is 0. The van der Waals surface area contributed by atoms with E-state index in [0.717, 1.165) is 5.56 Å². The summed E-state index contributed by atoms with van der Waals surface area (Å²) in [4.78, 5) is 25.7. The number of rotatable bonds is 7. The fourth-order valence-electron chi connectivity index (χ4n) is 2.13. The Bertz CT molecular complexity index is 579. The van der Waals surface area contributed by atoms with Crippen LogP contribution in [-0.4, -0.2) is 49.1 Å².